The molecule has 0 rings (SSSR count). The first-order valence-electron chi connectivity index (χ1n) is 5.73. The number of aliphatic carboxylic acids is 1. The van der Waals surface area contributed by atoms with Crippen LogP contribution in [0.2, 0.25) is 0 Å². The average molecular weight is 337 g/mol. The van der Waals surface area contributed by atoms with Crippen molar-refractivity contribution in [2.75, 3.05) is 23.0 Å². The van der Waals surface area contributed by atoms with Crippen molar-refractivity contribution in [1.29, 1.82) is 0 Å². The van der Waals surface area contributed by atoms with Gasteiger partial charge in [0.25, 0.3) is 0 Å². The number of rotatable bonds is 12. The van der Waals surface area contributed by atoms with Crippen molar-refractivity contribution in [2.24, 2.45) is 0 Å². The van der Waals surface area contributed by atoms with Gasteiger partial charge in [0.15, 0.2) is 0 Å². The standard InChI is InChI=1S/C12H19NO4S3/c1-3-7-18-20(17)9-5-6-13-11(12(14)15)10-19(16)8-4-2/h3-6,11,13H,1-2,7-10H2,(H,14,15)/t11-,19?,20?/m0/s1. The van der Waals surface area contributed by atoms with E-state index in [0.717, 1.165) is 0 Å². The number of hydrogen-bond acceptors (Lipinski definition) is 5. The van der Waals surface area contributed by atoms with E-state index >= 15 is 0 Å². The Morgan fingerprint density at radius 3 is 2.75 bits per heavy atom. The zero-order chi connectivity index (χ0) is 15.4. The molecule has 5 nitrogen and oxygen atoms in total. The lowest BCUT2D eigenvalue weighted by molar-refractivity contribution is -0.138. The molecule has 0 bridgehead atoms. The Balaban J connectivity index is 4.13. The predicted molar refractivity (Wildman–Crippen MR) is 87.4 cm³/mol. The number of nitrogens with one attached hydrogen (secondary N) is 1. The molecule has 2 unspecified atom stereocenters. The largest absolute Gasteiger partial charge is 0.605 e. The van der Waals surface area contributed by atoms with Crippen LogP contribution in [0.25, 0.3) is 0 Å². The topological polar surface area (TPSA) is 89.5 Å². The first-order chi connectivity index (χ1) is 9.51. The van der Waals surface area contributed by atoms with E-state index < -0.39 is 33.0 Å². The van der Waals surface area contributed by atoms with Crippen molar-refractivity contribution < 1.29 is 18.7 Å². The molecule has 0 saturated carbocycles. The Hall–Kier alpha value is -0.700. The summed E-state index contributed by atoms with van der Waals surface area (Å²) in [5, 5.41) is 11.6. The maximum atomic E-state index is 11.5. The molecule has 0 amide bonds. The monoisotopic (exact) mass is 337 g/mol. The summed E-state index contributed by atoms with van der Waals surface area (Å²) >= 11 is 0. The minimum absolute atomic E-state index is 0.00000322. The van der Waals surface area contributed by atoms with Gasteiger partial charge in [0.2, 0.25) is 0 Å². The van der Waals surface area contributed by atoms with E-state index in [2.05, 4.69) is 18.5 Å². The molecule has 3 atom stereocenters. The molecular formula is C12H19NO4S3. The number of carboxylic acids is 1. The molecule has 20 heavy (non-hydrogen) atoms. The highest BCUT2D eigenvalue weighted by Gasteiger charge is 2.18. The van der Waals surface area contributed by atoms with E-state index in [9.17, 15) is 13.6 Å². The Morgan fingerprint density at radius 1 is 1.50 bits per heavy atom. The normalized spacial score (nSPS) is 15.4. The number of carbonyl (C=O) groups is 1. The Morgan fingerprint density at radius 2 is 2.20 bits per heavy atom. The second-order valence-corrected chi connectivity index (χ2v) is 8.44. The van der Waals surface area contributed by atoms with Crippen molar-refractivity contribution in [3.63, 3.8) is 0 Å². The first kappa shape index (κ1) is 19.3. The SMILES string of the molecule is C=CCS[S+]([O-])CC=CN[C@@H](CS(=O)CC=C)C(=O)O. The molecule has 0 fully saturated rings. The molecule has 0 aliphatic heterocycles. The summed E-state index contributed by atoms with van der Waals surface area (Å²) in [5.41, 5.74) is 0. The molecule has 8 heteroatoms. The Kier molecular flexibility index (Phi) is 11.6. The highest BCUT2D eigenvalue weighted by molar-refractivity contribution is 8.72. The number of hydrogen-bond donors (Lipinski definition) is 2. The van der Waals surface area contributed by atoms with Gasteiger partial charge in [0.05, 0.1) is 22.3 Å². The highest BCUT2D eigenvalue weighted by atomic mass is 33.1. The van der Waals surface area contributed by atoms with Gasteiger partial charge in [-0.15, -0.1) is 13.2 Å². The summed E-state index contributed by atoms with van der Waals surface area (Å²) in [6.45, 7) is 6.98. The minimum Gasteiger partial charge on any atom is -0.605 e. The van der Waals surface area contributed by atoms with Gasteiger partial charge in [-0.1, -0.05) is 12.2 Å². The van der Waals surface area contributed by atoms with Crippen LogP contribution in [0.5, 0.6) is 0 Å². The fourth-order valence-corrected chi connectivity index (χ4v) is 3.93. The van der Waals surface area contributed by atoms with Gasteiger partial charge in [0.1, 0.15) is 11.8 Å². The van der Waals surface area contributed by atoms with Crippen LogP contribution < -0.4 is 5.32 Å². The third-order valence-corrected chi connectivity index (χ3v) is 5.94. The van der Waals surface area contributed by atoms with Crippen LogP contribution in [0.4, 0.5) is 0 Å². The van der Waals surface area contributed by atoms with Crippen LogP contribution in [-0.4, -0.2) is 48.9 Å². The van der Waals surface area contributed by atoms with Crippen molar-refractivity contribution >= 4 is 37.8 Å². The number of carboxylic acid groups (broad SMARTS) is 1. The fraction of sp³-hybridized carbons (Fsp3) is 0.417. The van der Waals surface area contributed by atoms with Crippen LogP contribution in [0, 0.1) is 0 Å². The second kappa shape index (κ2) is 12.1. The average Bonchev–Trinajstić information content (AvgIpc) is 2.39. The summed E-state index contributed by atoms with van der Waals surface area (Å²) in [6.07, 6.45) is 6.19. The molecule has 0 heterocycles. The van der Waals surface area contributed by atoms with E-state index in [1.54, 1.807) is 12.2 Å². The van der Waals surface area contributed by atoms with Gasteiger partial charge < -0.3 is 15.0 Å². The van der Waals surface area contributed by atoms with Crippen LogP contribution >= 0.6 is 10.8 Å². The molecule has 0 spiro atoms. The molecule has 0 aliphatic carbocycles. The van der Waals surface area contributed by atoms with Gasteiger partial charge in [-0.25, -0.2) is 4.79 Å². The van der Waals surface area contributed by atoms with Crippen molar-refractivity contribution in [1.82, 2.24) is 5.32 Å². The van der Waals surface area contributed by atoms with Gasteiger partial charge in [-0.3, -0.25) is 4.21 Å². The molecule has 0 aliphatic rings. The first-order valence-corrected chi connectivity index (χ1v) is 10.0. The maximum Gasteiger partial charge on any atom is 0.327 e. The molecule has 2 N–H and O–H groups in total. The minimum atomic E-state index is -1.26. The molecular weight excluding hydrogens is 318 g/mol. The van der Waals surface area contributed by atoms with Gasteiger partial charge in [-0.2, -0.15) is 0 Å². The van der Waals surface area contributed by atoms with E-state index in [4.69, 9.17) is 5.11 Å². The summed E-state index contributed by atoms with van der Waals surface area (Å²) in [6, 6.07) is -0.929. The molecule has 0 aromatic carbocycles. The lowest BCUT2D eigenvalue weighted by Crippen LogP contribution is -2.38. The third kappa shape index (κ3) is 10.1. The van der Waals surface area contributed by atoms with E-state index in [-0.39, 0.29) is 11.5 Å². The van der Waals surface area contributed by atoms with Crippen molar-refractivity contribution in [3.8, 4) is 0 Å². The van der Waals surface area contributed by atoms with Gasteiger partial charge >= 0.3 is 5.97 Å². The Bertz CT molecular complexity index is 374. The van der Waals surface area contributed by atoms with E-state index in [0.29, 0.717) is 11.5 Å². The van der Waals surface area contributed by atoms with Crippen LogP contribution in [0.1, 0.15) is 0 Å². The third-order valence-electron chi connectivity index (χ3n) is 1.92. The molecule has 0 radical (unpaired) electrons. The van der Waals surface area contributed by atoms with Crippen LogP contribution in [0.3, 0.4) is 0 Å². The molecule has 114 valence electrons. The zero-order valence-electron chi connectivity index (χ0n) is 11.0. The lowest BCUT2D eigenvalue weighted by atomic mass is 10.3. The highest BCUT2D eigenvalue weighted by Crippen LogP contribution is 2.12. The Labute approximate surface area is 128 Å². The molecule has 0 aromatic heterocycles. The van der Waals surface area contributed by atoms with Crippen LogP contribution in [0.15, 0.2) is 37.6 Å². The van der Waals surface area contributed by atoms with Gasteiger partial charge in [-0.05, 0) is 12.3 Å². The summed E-state index contributed by atoms with van der Waals surface area (Å²) < 4.78 is 22.9. The quantitative estimate of drug-likeness (QED) is 0.314. The maximum absolute atomic E-state index is 11.5. The van der Waals surface area contributed by atoms with Crippen molar-refractivity contribution in [2.45, 2.75) is 6.04 Å². The van der Waals surface area contributed by atoms with E-state index in [1.807, 2.05) is 0 Å². The van der Waals surface area contributed by atoms with Crippen LogP contribution in [-0.2, 0) is 25.8 Å². The zero-order valence-corrected chi connectivity index (χ0v) is 13.5. The molecule has 0 aromatic rings. The summed E-state index contributed by atoms with van der Waals surface area (Å²) in [5.74, 6) is 0.103. The molecule has 0 saturated heterocycles. The fourth-order valence-electron chi connectivity index (χ4n) is 1.06. The smallest absolute Gasteiger partial charge is 0.327 e. The lowest BCUT2D eigenvalue weighted by Gasteiger charge is -2.11. The predicted octanol–water partition coefficient (Wildman–Crippen LogP) is 1.06. The van der Waals surface area contributed by atoms with Crippen molar-refractivity contribution in [3.05, 3.63) is 37.6 Å². The summed E-state index contributed by atoms with van der Waals surface area (Å²) in [7, 11) is -1.06. The van der Waals surface area contributed by atoms with E-state index in [1.165, 1.54) is 23.1 Å². The van der Waals surface area contributed by atoms with Gasteiger partial charge in [0, 0.05) is 26.8 Å². The summed E-state index contributed by atoms with van der Waals surface area (Å²) in [4.78, 5) is 11.0. The second-order valence-electron chi connectivity index (χ2n) is 3.57.